The second kappa shape index (κ2) is 6.56. The van der Waals surface area contributed by atoms with Gasteiger partial charge in [-0.3, -0.25) is 0 Å². The van der Waals surface area contributed by atoms with Gasteiger partial charge in [0.1, 0.15) is 0 Å². The molecule has 2 rings (SSSR count). The second-order valence-electron chi connectivity index (χ2n) is 5.89. The molecule has 4 nitrogen and oxygen atoms in total. The van der Waals surface area contributed by atoms with Gasteiger partial charge in [-0.1, -0.05) is 20.8 Å². The van der Waals surface area contributed by atoms with Crippen LogP contribution in [0.15, 0.2) is 16.3 Å². The standard InChI is InChI=1S/C14H24N2O2S2/c1-11(2)15-8-13-7-14(10-19-13)20(17,18)16-6-4-5-12(3)9-16/h7,10-12,15H,4-6,8-9H2,1-3H3. The van der Waals surface area contributed by atoms with E-state index in [9.17, 15) is 8.42 Å². The summed E-state index contributed by atoms with van der Waals surface area (Å²) in [6.07, 6.45) is 2.09. The van der Waals surface area contributed by atoms with Crippen molar-refractivity contribution >= 4 is 21.4 Å². The highest BCUT2D eigenvalue weighted by molar-refractivity contribution is 7.89. The Hall–Kier alpha value is -0.430. The minimum Gasteiger partial charge on any atom is -0.310 e. The summed E-state index contributed by atoms with van der Waals surface area (Å²) in [5.41, 5.74) is 0. The number of piperidine rings is 1. The van der Waals surface area contributed by atoms with Gasteiger partial charge in [0.05, 0.1) is 4.90 Å². The van der Waals surface area contributed by atoms with E-state index >= 15 is 0 Å². The minimum atomic E-state index is -3.30. The van der Waals surface area contributed by atoms with E-state index in [1.54, 1.807) is 9.69 Å². The molecule has 0 amide bonds. The molecule has 0 saturated carbocycles. The van der Waals surface area contributed by atoms with E-state index < -0.39 is 10.0 Å². The molecular weight excluding hydrogens is 292 g/mol. The molecule has 6 heteroatoms. The van der Waals surface area contributed by atoms with Crippen LogP contribution in [-0.2, 0) is 16.6 Å². The summed E-state index contributed by atoms with van der Waals surface area (Å²) in [6.45, 7) is 8.32. The third-order valence-electron chi connectivity index (χ3n) is 3.57. The average Bonchev–Trinajstić information content (AvgIpc) is 2.86. The molecule has 20 heavy (non-hydrogen) atoms. The van der Waals surface area contributed by atoms with Crippen LogP contribution in [0.1, 0.15) is 38.5 Å². The Morgan fingerprint density at radius 1 is 1.50 bits per heavy atom. The lowest BCUT2D eigenvalue weighted by Gasteiger charge is -2.29. The summed E-state index contributed by atoms with van der Waals surface area (Å²) < 4.78 is 26.8. The number of rotatable bonds is 5. The third kappa shape index (κ3) is 3.81. The number of nitrogens with zero attached hydrogens (tertiary/aromatic N) is 1. The smallest absolute Gasteiger partial charge is 0.243 e. The van der Waals surface area contributed by atoms with E-state index in [4.69, 9.17) is 0 Å². The molecule has 0 aliphatic carbocycles. The molecule has 1 aliphatic heterocycles. The first-order valence-electron chi connectivity index (χ1n) is 7.20. The van der Waals surface area contributed by atoms with Gasteiger partial charge in [-0.25, -0.2) is 8.42 Å². The molecule has 0 aromatic carbocycles. The van der Waals surface area contributed by atoms with E-state index in [0.717, 1.165) is 24.3 Å². The first kappa shape index (κ1) is 15.9. The predicted molar refractivity (Wildman–Crippen MR) is 83.5 cm³/mol. The van der Waals surface area contributed by atoms with Crippen LogP contribution in [0.4, 0.5) is 0 Å². The Balaban J connectivity index is 2.09. The van der Waals surface area contributed by atoms with Crippen molar-refractivity contribution in [2.24, 2.45) is 5.92 Å². The monoisotopic (exact) mass is 316 g/mol. The van der Waals surface area contributed by atoms with Crippen LogP contribution in [0.25, 0.3) is 0 Å². The van der Waals surface area contributed by atoms with Gasteiger partial charge in [0.25, 0.3) is 0 Å². The summed E-state index contributed by atoms with van der Waals surface area (Å²) in [4.78, 5) is 1.53. The molecule has 0 spiro atoms. The van der Waals surface area contributed by atoms with Crippen molar-refractivity contribution in [1.29, 1.82) is 0 Å². The number of sulfonamides is 1. The van der Waals surface area contributed by atoms with Crippen molar-refractivity contribution in [2.45, 2.75) is 51.1 Å². The molecule has 114 valence electrons. The van der Waals surface area contributed by atoms with E-state index in [-0.39, 0.29) is 0 Å². The fourth-order valence-corrected chi connectivity index (χ4v) is 5.22. The van der Waals surface area contributed by atoms with E-state index in [1.165, 1.54) is 11.3 Å². The van der Waals surface area contributed by atoms with E-state index in [1.807, 2.05) is 6.07 Å². The molecule has 1 N–H and O–H groups in total. The molecule has 0 radical (unpaired) electrons. The van der Waals surface area contributed by atoms with Crippen LogP contribution >= 0.6 is 11.3 Å². The Kier molecular flexibility index (Phi) is 5.23. The summed E-state index contributed by atoms with van der Waals surface area (Å²) in [5.74, 6) is 0.458. The molecule has 1 aromatic rings. The Labute approximate surface area is 126 Å². The van der Waals surface area contributed by atoms with Gasteiger partial charge < -0.3 is 5.32 Å². The quantitative estimate of drug-likeness (QED) is 0.908. The topological polar surface area (TPSA) is 49.4 Å². The molecule has 1 atom stereocenters. The fraction of sp³-hybridized carbons (Fsp3) is 0.714. The summed E-state index contributed by atoms with van der Waals surface area (Å²) in [5, 5.41) is 5.08. The molecule has 1 fully saturated rings. The van der Waals surface area contributed by atoms with E-state index in [0.29, 0.717) is 29.9 Å². The molecule has 0 bridgehead atoms. The molecule has 1 aliphatic rings. The Morgan fingerprint density at radius 3 is 2.90 bits per heavy atom. The van der Waals surface area contributed by atoms with Crippen molar-refractivity contribution in [3.63, 3.8) is 0 Å². The van der Waals surface area contributed by atoms with Crippen molar-refractivity contribution < 1.29 is 8.42 Å². The van der Waals surface area contributed by atoms with Crippen LogP contribution in [0.5, 0.6) is 0 Å². The SMILES string of the molecule is CC1CCCN(S(=O)(=O)c2csc(CNC(C)C)c2)C1. The third-order valence-corrected chi connectivity index (χ3v) is 6.50. The Bertz CT molecular complexity index is 537. The number of hydrogen-bond acceptors (Lipinski definition) is 4. The van der Waals surface area contributed by atoms with Gasteiger partial charge in [-0.2, -0.15) is 4.31 Å². The van der Waals surface area contributed by atoms with Crippen LogP contribution in [-0.4, -0.2) is 31.9 Å². The van der Waals surface area contributed by atoms with Crippen molar-refractivity contribution in [3.05, 3.63) is 16.3 Å². The largest absolute Gasteiger partial charge is 0.310 e. The highest BCUT2D eigenvalue weighted by Gasteiger charge is 2.29. The number of thiophene rings is 1. The zero-order valence-corrected chi connectivity index (χ0v) is 14.1. The Morgan fingerprint density at radius 2 is 2.25 bits per heavy atom. The first-order valence-corrected chi connectivity index (χ1v) is 9.52. The van der Waals surface area contributed by atoms with Gasteiger partial charge >= 0.3 is 0 Å². The van der Waals surface area contributed by atoms with Crippen LogP contribution in [0.2, 0.25) is 0 Å². The van der Waals surface area contributed by atoms with Crippen LogP contribution in [0, 0.1) is 5.92 Å². The molecule has 1 aromatic heterocycles. The highest BCUT2D eigenvalue weighted by atomic mass is 32.2. The van der Waals surface area contributed by atoms with Crippen molar-refractivity contribution in [1.82, 2.24) is 9.62 Å². The molecular formula is C14H24N2O2S2. The molecule has 1 saturated heterocycles. The minimum absolute atomic E-state index is 0.403. The lowest BCUT2D eigenvalue weighted by Crippen LogP contribution is -2.38. The van der Waals surface area contributed by atoms with Gasteiger partial charge in [0, 0.05) is 35.9 Å². The van der Waals surface area contributed by atoms with Crippen LogP contribution < -0.4 is 5.32 Å². The van der Waals surface area contributed by atoms with Crippen LogP contribution in [0.3, 0.4) is 0 Å². The summed E-state index contributed by atoms with van der Waals surface area (Å²) in [7, 11) is -3.30. The molecule has 1 unspecified atom stereocenters. The number of hydrogen-bond donors (Lipinski definition) is 1. The normalized spacial score (nSPS) is 21.5. The van der Waals surface area contributed by atoms with Gasteiger partial charge in [-0.05, 0) is 24.8 Å². The van der Waals surface area contributed by atoms with Gasteiger partial charge in [0.2, 0.25) is 10.0 Å². The molecule has 2 heterocycles. The highest BCUT2D eigenvalue weighted by Crippen LogP contribution is 2.26. The van der Waals surface area contributed by atoms with Crippen molar-refractivity contribution in [3.8, 4) is 0 Å². The average molecular weight is 316 g/mol. The van der Waals surface area contributed by atoms with Crippen molar-refractivity contribution in [2.75, 3.05) is 13.1 Å². The number of nitrogens with one attached hydrogen (secondary N) is 1. The maximum Gasteiger partial charge on any atom is 0.243 e. The fourth-order valence-electron chi connectivity index (χ4n) is 2.41. The lowest BCUT2D eigenvalue weighted by molar-refractivity contribution is 0.281. The van der Waals surface area contributed by atoms with Gasteiger partial charge in [0.15, 0.2) is 0 Å². The predicted octanol–water partition coefficient (Wildman–Crippen LogP) is 2.67. The summed E-state index contributed by atoms with van der Waals surface area (Å²) in [6, 6.07) is 2.22. The first-order chi connectivity index (χ1) is 9.39. The zero-order valence-electron chi connectivity index (χ0n) is 12.4. The maximum atomic E-state index is 12.6. The van der Waals surface area contributed by atoms with E-state index in [2.05, 4.69) is 26.1 Å². The summed E-state index contributed by atoms with van der Waals surface area (Å²) >= 11 is 1.51. The maximum absolute atomic E-state index is 12.6. The lowest BCUT2D eigenvalue weighted by atomic mass is 10.0. The zero-order chi connectivity index (χ0) is 14.8. The second-order valence-corrected chi connectivity index (χ2v) is 8.83. The van der Waals surface area contributed by atoms with Gasteiger partial charge in [-0.15, -0.1) is 11.3 Å².